The molecular weight excluding hydrogens is 226 g/mol. The van der Waals surface area contributed by atoms with E-state index in [1.165, 1.54) is 6.42 Å². The van der Waals surface area contributed by atoms with Crippen LogP contribution in [0.4, 0.5) is 11.8 Å². The Hall–Kier alpha value is -1.07. The molecule has 2 bridgehead atoms. The number of likely N-dealkylation sites (tertiary alicyclic amines) is 1. The summed E-state index contributed by atoms with van der Waals surface area (Å²) < 4.78 is 0. The molecule has 2 atom stereocenters. The van der Waals surface area contributed by atoms with Gasteiger partial charge < -0.3 is 10.6 Å². The largest absolute Gasteiger partial charge is 0.383 e. The molecule has 1 aromatic heterocycles. The van der Waals surface area contributed by atoms with Crippen molar-refractivity contribution in [3.05, 3.63) is 11.2 Å². The van der Waals surface area contributed by atoms with Crippen LogP contribution in [0.1, 0.15) is 6.42 Å². The van der Waals surface area contributed by atoms with E-state index in [0.29, 0.717) is 29.0 Å². The molecule has 3 heterocycles. The smallest absolute Gasteiger partial charge is 0.229 e. The number of halogens is 1. The zero-order valence-electron chi connectivity index (χ0n) is 9.10. The molecule has 1 aromatic rings. The van der Waals surface area contributed by atoms with Crippen molar-refractivity contribution in [3.8, 4) is 0 Å². The molecule has 86 valence electrons. The van der Waals surface area contributed by atoms with Crippen LogP contribution < -0.4 is 10.6 Å². The zero-order valence-corrected chi connectivity index (χ0v) is 9.85. The third-order valence-electron chi connectivity index (χ3n) is 3.47. The number of fused-ring (bicyclic) bond motifs is 2. The number of nitrogens with two attached hydrogens (primary N) is 1. The number of piperazine rings is 1. The number of hydrogen-bond acceptors (Lipinski definition) is 5. The Morgan fingerprint density at radius 2 is 2.19 bits per heavy atom. The summed E-state index contributed by atoms with van der Waals surface area (Å²) in [6.07, 6.45) is 1.19. The van der Waals surface area contributed by atoms with Gasteiger partial charge in [0.15, 0.2) is 0 Å². The molecule has 16 heavy (non-hydrogen) atoms. The number of nitrogens with zero attached hydrogens (tertiary/aromatic N) is 4. The molecule has 6 heteroatoms. The second-order valence-corrected chi connectivity index (χ2v) is 4.94. The van der Waals surface area contributed by atoms with E-state index in [-0.39, 0.29) is 0 Å². The third-order valence-corrected chi connectivity index (χ3v) is 3.67. The predicted molar refractivity (Wildman–Crippen MR) is 63.6 cm³/mol. The summed E-state index contributed by atoms with van der Waals surface area (Å²) in [6, 6.07) is 2.70. The summed E-state index contributed by atoms with van der Waals surface area (Å²) in [4.78, 5) is 13.1. The first kappa shape index (κ1) is 10.1. The average molecular weight is 240 g/mol. The number of hydrogen-bond donors (Lipinski definition) is 1. The first-order valence-electron chi connectivity index (χ1n) is 5.40. The van der Waals surface area contributed by atoms with Crippen molar-refractivity contribution in [2.75, 3.05) is 30.8 Å². The van der Waals surface area contributed by atoms with Gasteiger partial charge in [-0.25, -0.2) is 4.98 Å². The number of anilines is 2. The predicted octanol–water partition coefficient (Wildman–Crippen LogP) is 0.605. The summed E-state index contributed by atoms with van der Waals surface area (Å²) in [7, 11) is 2.16. The Balaban J connectivity index is 1.89. The van der Waals surface area contributed by atoms with E-state index in [1.54, 1.807) is 6.07 Å². The van der Waals surface area contributed by atoms with Gasteiger partial charge in [-0.2, -0.15) is 4.98 Å². The lowest BCUT2D eigenvalue weighted by Crippen LogP contribution is -2.45. The Kier molecular flexibility index (Phi) is 2.19. The number of aromatic nitrogens is 2. The van der Waals surface area contributed by atoms with Gasteiger partial charge >= 0.3 is 0 Å². The zero-order chi connectivity index (χ0) is 11.3. The monoisotopic (exact) mass is 239 g/mol. The maximum Gasteiger partial charge on any atom is 0.229 e. The first-order chi connectivity index (χ1) is 7.63. The second kappa shape index (κ2) is 3.46. The van der Waals surface area contributed by atoms with E-state index < -0.39 is 0 Å². The Morgan fingerprint density at radius 1 is 1.38 bits per heavy atom. The van der Waals surface area contributed by atoms with Crippen molar-refractivity contribution in [3.63, 3.8) is 0 Å². The van der Waals surface area contributed by atoms with Gasteiger partial charge in [0.2, 0.25) is 5.95 Å². The minimum atomic E-state index is 0.415. The van der Waals surface area contributed by atoms with Gasteiger partial charge in [-0.3, -0.25) is 4.90 Å². The van der Waals surface area contributed by atoms with E-state index >= 15 is 0 Å². The maximum atomic E-state index is 5.89. The van der Waals surface area contributed by atoms with Crippen LogP contribution in [0.5, 0.6) is 0 Å². The molecule has 2 aliphatic heterocycles. The molecule has 2 fully saturated rings. The quantitative estimate of drug-likeness (QED) is 0.728. The molecule has 0 radical (unpaired) electrons. The van der Waals surface area contributed by atoms with Crippen LogP contribution in [-0.4, -0.2) is 47.1 Å². The second-order valence-electron chi connectivity index (χ2n) is 4.55. The van der Waals surface area contributed by atoms with Gasteiger partial charge in [-0.05, 0) is 13.5 Å². The molecule has 0 spiro atoms. The van der Waals surface area contributed by atoms with Crippen molar-refractivity contribution in [1.29, 1.82) is 0 Å². The van der Waals surface area contributed by atoms with E-state index in [4.69, 9.17) is 17.3 Å². The third kappa shape index (κ3) is 1.51. The molecular formula is C10H14ClN5. The van der Waals surface area contributed by atoms with Gasteiger partial charge in [0, 0.05) is 31.2 Å². The molecule has 3 rings (SSSR count). The van der Waals surface area contributed by atoms with Crippen molar-refractivity contribution in [1.82, 2.24) is 14.9 Å². The van der Waals surface area contributed by atoms with Gasteiger partial charge in [-0.1, -0.05) is 11.6 Å². The lowest BCUT2D eigenvalue weighted by molar-refractivity contribution is 0.291. The topological polar surface area (TPSA) is 58.3 Å². The number of likely N-dealkylation sites (N-methyl/N-ethyl adjacent to an activating group) is 1. The van der Waals surface area contributed by atoms with Crippen molar-refractivity contribution in [2.45, 2.75) is 18.5 Å². The van der Waals surface area contributed by atoms with Gasteiger partial charge in [0.25, 0.3) is 0 Å². The molecule has 5 nitrogen and oxygen atoms in total. The summed E-state index contributed by atoms with van der Waals surface area (Å²) in [5.41, 5.74) is 5.68. The Bertz CT molecular complexity index is 401. The van der Waals surface area contributed by atoms with E-state index in [1.807, 2.05) is 0 Å². The number of nitrogen functional groups attached to an aromatic ring is 1. The summed E-state index contributed by atoms with van der Waals surface area (Å²) >= 11 is 5.89. The highest BCUT2D eigenvalue weighted by Gasteiger charge is 2.42. The van der Waals surface area contributed by atoms with Crippen LogP contribution in [-0.2, 0) is 0 Å². The van der Waals surface area contributed by atoms with E-state index in [9.17, 15) is 0 Å². The lowest BCUT2D eigenvalue weighted by Gasteiger charge is -2.31. The highest BCUT2D eigenvalue weighted by Crippen LogP contribution is 2.32. The van der Waals surface area contributed by atoms with Crippen molar-refractivity contribution in [2.24, 2.45) is 0 Å². The average Bonchev–Trinajstić information content (AvgIpc) is 2.74. The Labute approximate surface area is 99.2 Å². The maximum absolute atomic E-state index is 5.89. The van der Waals surface area contributed by atoms with Crippen molar-refractivity contribution >= 4 is 23.4 Å². The van der Waals surface area contributed by atoms with Crippen LogP contribution in [0, 0.1) is 0 Å². The lowest BCUT2D eigenvalue weighted by atomic mass is 10.2. The van der Waals surface area contributed by atoms with Crippen LogP contribution >= 0.6 is 11.6 Å². The fourth-order valence-electron chi connectivity index (χ4n) is 2.66. The van der Waals surface area contributed by atoms with Gasteiger partial charge in [0.05, 0.1) is 0 Å². The van der Waals surface area contributed by atoms with Crippen LogP contribution in [0.3, 0.4) is 0 Å². The standard InChI is InChI=1S/C10H14ClN5/c1-15-4-7-2-6(15)5-16(7)10-13-8(11)3-9(12)14-10/h3,6-7H,2,4-5H2,1H3,(H2,12,13,14)/t6-,7-/m0/s1. The molecule has 2 aliphatic rings. The SMILES string of the molecule is CN1C[C@@H]2C[C@H]1CN2c1nc(N)cc(Cl)n1. The fourth-order valence-corrected chi connectivity index (χ4v) is 2.85. The summed E-state index contributed by atoms with van der Waals surface area (Å²) in [6.45, 7) is 2.04. The first-order valence-corrected chi connectivity index (χ1v) is 5.78. The van der Waals surface area contributed by atoms with E-state index in [0.717, 1.165) is 13.1 Å². The van der Waals surface area contributed by atoms with Crippen molar-refractivity contribution < 1.29 is 0 Å². The number of rotatable bonds is 1. The highest BCUT2D eigenvalue weighted by atomic mass is 35.5. The molecule has 2 N–H and O–H groups in total. The van der Waals surface area contributed by atoms with E-state index in [2.05, 4.69) is 26.8 Å². The molecule has 0 unspecified atom stereocenters. The molecule has 0 aliphatic carbocycles. The summed E-state index contributed by atoms with van der Waals surface area (Å²) in [5, 5.41) is 0.415. The normalized spacial score (nSPS) is 29.0. The Morgan fingerprint density at radius 3 is 2.75 bits per heavy atom. The van der Waals surface area contributed by atoms with Crippen LogP contribution in [0.15, 0.2) is 6.07 Å². The molecule has 0 amide bonds. The highest BCUT2D eigenvalue weighted by molar-refractivity contribution is 6.29. The molecule has 2 saturated heterocycles. The van der Waals surface area contributed by atoms with Gasteiger partial charge in [0.1, 0.15) is 11.0 Å². The minimum Gasteiger partial charge on any atom is -0.383 e. The van der Waals surface area contributed by atoms with Gasteiger partial charge in [-0.15, -0.1) is 0 Å². The van der Waals surface area contributed by atoms with Crippen LogP contribution in [0.2, 0.25) is 5.15 Å². The fraction of sp³-hybridized carbons (Fsp3) is 0.600. The molecule has 0 saturated carbocycles. The van der Waals surface area contributed by atoms with Crippen LogP contribution in [0.25, 0.3) is 0 Å². The minimum absolute atomic E-state index is 0.415. The molecule has 0 aromatic carbocycles. The summed E-state index contributed by atoms with van der Waals surface area (Å²) in [5.74, 6) is 1.11.